The van der Waals surface area contributed by atoms with Gasteiger partial charge in [-0.2, -0.15) is 9.78 Å². The molecule has 0 fully saturated rings. The van der Waals surface area contributed by atoms with Gasteiger partial charge in [0.25, 0.3) is 0 Å². The Balaban J connectivity index is 1.51. The Kier molecular flexibility index (Phi) is 4.84. The summed E-state index contributed by atoms with van der Waals surface area (Å²) < 4.78 is 7.67. The Morgan fingerprint density at radius 3 is 2.17 bits per heavy atom. The Labute approximate surface area is 173 Å². The van der Waals surface area contributed by atoms with Crippen molar-refractivity contribution in [3.8, 4) is 5.75 Å². The first-order valence-electron chi connectivity index (χ1n) is 9.36. The normalized spacial score (nSPS) is 15.4. The Morgan fingerprint density at radius 1 is 0.793 bits per heavy atom. The molecule has 1 aliphatic rings. The monoisotopic (exact) mass is 398 g/mol. The number of para-hydroxylation sites is 1. The van der Waals surface area contributed by atoms with Gasteiger partial charge in [-0.15, -0.1) is 10.2 Å². The third kappa shape index (κ3) is 3.67. The fourth-order valence-corrected chi connectivity index (χ4v) is 4.35. The summed E-state index contributed by atoms with van der Waals surface area (Å²) in [5, 5.41) is 14.5. The molecule has 5 rings (SSSR count). The van der Waals surface area contributed by atoms with Gasteiger partial charge in [0.1, 0.15) is 12.4 Å². The van der Waals surface area contributed by atoms with Crippen LogP contribution in [0.4, 0.5) is 0 Å². The first-order valence-corrected chi connectivity index (χ1v) is 10.2. The highest BCUT2D eigenvalue weighted by Crippen LogP contribution is 2.40. The largest absolute Gasteiger partial charge is 0.486 e. The number of fused-ring (bicyclic) bond motifs is 1. The molecule has 0 aliphatic carbocycles. The fraction of sp³-hybridized carbons (Fsp3) is 0.0870. The molecule has 3 aromatic carbocycles. The summed E-state index contributed by atoms with van der Waals surface area (Å²) in [6.45, 7) is 0.305. The van der Waals surface area contributed by atoms with Crippen molar-refractivity contribution in [2.45, 2.75) is 17.0 Å². The molecule has 1 atom stereocenters. The maximum absolute atomic E-state index is 5.87. The number of benzene rings is 3. The van der Waals surface area contributed by atoms with Crippen LogP contribution >= 0.6 is 11.8 Å². The van der Waals surface area contributed by atoms with Crippen LogP contribution in [0.25, 0.3) is 0 Å². The van der Waals surface area contributed by atoms with Crippen molar-refractivity contribution >= 4 is 17.5 Å². The quantitative estimate of drug-likeness (QED) is 0.477. The van der Waals surface area contributed by atoms with Crippen LogP contribution in [0.1, 0.15) is 22.2 Å². The molecule has 0 spiro atoms. The van der Waals surface area contributed by atoms with E-state index in [0.717, 1.165) is 22.2 Å². The highest BCUT2D eigenvalue weighted by molar-refractivity contribution is 8.00. The van der Waals surface area contributed by atoms with Gasteiger partial charge >= 0.3 is 0 Å². The van der Waals surface area contributed by atoms with E-state index in [1.165, 1.54) is 5.56 Å². The highest BCUT2D eigenvalue weighted by atomic mass is 32.2. The zero-order valence-corrected chi connectivity index (χ0v) is 16.4. The van der Waals surface area contributed by atoms with Crippen molar-refractivity contribution in [3.05, 3.63) is 108 Å². The minimum Gasteiger partial charge on any atom is -0.486 e. The molecule has 4 aromatic rings. The number of hydrogen-bond donors (Lipinski definition) is 0. The lowest BCUT2D eigenvalue weighted by Crippen LogP contribution is -2.19. The van der Waals surface area contributed by atoms with E-state index < -0.39 is 0 Å². The van der Waals surface area contributed by atoms with E-state index >= 15 is 0 Å². The minimum atomic E-state index is 0.0539. The van der Waals surface area contributed by atoms with Crippen molar-refractivity contribution in [1.82, 2.24) is 14.9 Å². The number of aromatic nitrogens is 3. The molecule has 1 aromatic heterocycles. The van der Waals surface area contributed by atoms with Gasteiger partial charge in [0.05, 0.1) is 11.0 Å². The molecular formula is C23H18N4OS. The summed E-state index contributed by atoms with van der Waals surface area (Å²) in [6, 6.07) is 30.3. The zero-order valence-electron chi connectivity index (χ0n) is 15.6. The summed E-state index contributed by atoms with van der Waals surface area (Å²) in [4.78, 5) is 0. The fourth-order valence-electron chi connectivity index (χ4n) is 3.22. The van der Waals surface area contributed by atoms with Gasteiger partial charge in [-0.3, -0.25) is 0 Å². The van der Waals surface area contributed by atoms with Crippen LogP contribution in [-0.4, -0.2) is 20.6 Å². The lowest BCUT2D eigenvalue weighted by molar-refractivity contribution is 0.290. The first-order chi connectivity index (χ1) is 14.4. The Morgan fingerprint density at radius 2 is 1.45 bits per heavy atom. The van der Waals surface area contributed by atoms with Crippen molar-refractivity contribution in [1.29, 1.82) is 0 Å². The van der Waals surface area contributed by atoms with Crippen molar-refractivity contribution < 1.29 is 4.74 Å². The van der Waals surface area contributed by atoms with Gasteiger partial charge in [0, 0.05) is 0 Å². The van der Waals surface area contributed by atoms with Crippen LogP contribution < -0.4 is 4.74 Å². The molecule has 6 heteroatoms. The van der Waals surface area contributed by atoms with E-state index in [1.54, 1.807) is 16.4 Å². The van der Waals surface area contributed by atoms with Gasteiger partial charge in [-0.05, 0) is 23.3 Å². The van der Waals surface area contributed by atoms with Gasteiger partial charge in [-0.25, -0.2) is 0 Å². The predicted molar refractivity (Wildman–Crippen MR) is 114 cm³/mol. The molecule has 2 heterocycles. The Bertz CT molecular complexity index is 1130. The number of nitrogens with zero attached hydrogens (tertiary/aromatic N) is 4. The summed E-state index contributed by atoms with van der Waals surface area (Å²) >= 11 is 1.66. The summed E-state index contributed by atoms with van der Waals surface area (Å²) in [6.07, 6.45) is 0. The predicted octanol–water partition coefficient (Wildman–Crippen LogP) is 4.96. The van der Waals surface area contributed by atoms with Crippen molar-refractivity contribution in [2.75, 3.05) is 0 Å². The average molecular weight is 398 g/mol. The average Bonchev–Trinajstić information content (AvgIpc) is 3.21. The second kappa shape index (κ2) is 7.93. The highest BCUT2D eigenvalue weighted by Gasteiger charge is 2.30. The molecule has 1 aliphatic heterocycles. The van der Waals surface area contributed by atoms with E-state index in [4.69, 9.17) is 9.84 Å². The zero-order chi connectivity index (χ0) is 19.5. The second-order valence-electron chi connectivity index (χ2n) is 6.57. The summed E-state index contributed by atoms with van der Waals surface area (Å²) in [5.74, 6) is 1.47. The molecule has 0 N–H and O–H groups in total. The van der Waals surface area contributed by atoms with E-state index in [0.29, 0.717) is 12.4 Å². The third-order valence-electron chi connectivity index (χ3n) is 4.64. The van der Waals surface area contributed by atoms with Crippen LogP contribution in [0.5, 0.6) is 5.75 Å². The molecule has 0 radical (unpaired) electrons. The molecular weight excluding hydrogens is 380 g/mol. The van der Waals surface area contributed by atoms with Crippen LogP contribution in [0.3, 0.4) is 0 Å². The molecule has 0 saturated heterocycles. The maximum Gasteiger partial charge on any atom is 0.213 e. The number of hydrogen-bond acceptors (Lipinski definition) is 5. The van der Waals surface area contributed by atoms with E-state index in [1.807, 2.05) is 54.6 Å². The van der Waals surface area contributed by atoms with E-state index in [2.05, 4.69) is 46.6 Å². The summed E-state index contributed by atoms with van der Waals surface area (Å²) in [7, 11) is 0. The van der Waals surface area contributed by atoms with Gasteiger partial charge in [-0.1, -0.05) is 90.6 Å². The minimum absolute atomic E-state index is 0.0539. The van der Waals surface area contributed by atoms with E-state index in [-0.39, 0.29) is 5.25 Å². The SMILES string of the molecule is c1ccc(OCc2nnc3n2N=C(c2ccccc2)[C@H](c2ccccc2)S3)cc1. The lowest BCUT2D eigenvalue weighted by atomic mass is 10.0. The second-order valence-corrected chi connectivity index (χ2v) is 7.64. The molecule has 29 heavy (non-hydrogen) atoms. The number of ether oxygens (including phenoxy) is 1. The van der Waals surface area contributed by atoms with Crippen molar-refractivity contribution in [3.63, 3.8) is 0 Å². The van der Waals surface area contributed by atoms with Crippen LogP contribution in [0.15, 0.2) is 101 Å². The smallest absolute Gasteiger partial charge is 0.213 e. The van der Waals surface area contributed by atoms with Crippen LogP contribution in [0.2, 0.25) is 0 Å². The molecule has 0 bridgehead atoms. The van der Waals surface area contributed by atoms with Gasteiger partial charge in [0.2, 0.25) is 5.16 Å². The molecule has 5 nitrogen and oxygen atoms in total. The summed E-state index contributed by atoms with van der Waals surface area (Å²) in [5.41, 5.74) is 3.26. The maximum atomic E-state index is 5.87. The van der Waals surface area contributed by atoms with Crippen LogP contribution in [0, 0.1) is 0 Å². The van der Waals surface area contributed by atoms with Gasteiger partial charge < -0.3 is 4.74 Å². The molecule has 0 amide bonds. The van der Waals surface area contributed by atoms with E-state index in [9.17, 15) is 0 Å². The topological polar surface area (TPSA) is 52.3 Å². The van der Waals surface area contributed by atoms with Crippen LogP contribution in [-0.2, 0) is 6.61 Å². The molecule has 142 valence electrons. The standard InChI is InChI=1S/C23H18N4OS/c1-4-10-17(11-5-1)21-22(18-12-6-2-7-13-18)29-23-25-24-20(27(23)26-21)16-28-19-14-8-3-9-15-19/h1-15,22H,16H2/t22-/m0/s1. The molecule has 0 unspecified atom stereocenters. The van der Waals surface area contributed by atoms with Crippen molar-refractivity contribution in [2.24, 2.45) is 5.10 Å². The number of rotatable bonds is 5. The number of thioether (sulfide) groups is 1. The first kappa shape index (κ1) is 17.7. The lowest BCUT2D eigenvalue weighted by Gasteiger charge is -2.23. The third-order valence-corrected chi connectivity index (χ3v) is 5.84. The molecule has 0 saturated carbocycles. The van der Waals surface area contributed by atoms with Gasteiger partial charge in [0.15, 0.2) is 5.82 Å². The Hall–Kier alpha value is -3.38.